The zero-order chi connectivity index (χ0) is 21.7. The van der Waals surface area contributed by atoms with Gasteiger partial charge >= 0.3 is 0 Å². The summed E-state index contributed by atoms with van der Waals surface area (Å²) in [7, 11) is -2.55. The summed E-state index contributed by atoms with van der Waals surface area (Å²) in [6, 6.07) is 20.1. The Hall–Kier alpha value is -2.84. The summed E-state index contributed by atoms with van der Waals surface area (Å²) in [5.74, 6) is -0.115. The number of aryl methyl sites for hydroxylation is 1. The number of sulfonamides is 1. The average Bonchev–Trinajstić information content (AvgIpc) is 2.74. The van der Waals surface area contributed by atoms with Crippen molar-refractivity contribution in [2.45, 2.75) is 11.8 Å². The van der Waals surface area contributed by atoms with E-state index in [1.165, 1.54) is 19.2 Å². The number of ether oxygens (including phenoxy) is 1. The van der Waals surface area contributed by atoms with Gasteiger partial charge in [-0.05, 0) is 55.0 Å². The van der Waals surface area contributed by atoms with Crippen LogP contribution in [0.5, 0.6) is 5.75 Å². The highest BCUT2D eigenvalue weighted by Gasteiger charge is 2.29. The fourth-order valence-corrected chi connectivity index (χ4v) is 4.87. The predicted octanol–water partition coefficient (Wildman–Crippen LogP) is 4.60. The first-order chi connectivity index (χ1) is 14.3. The molecule has 0 aromatic heterocycles. The molecule has 8 heteroatoms. The van der Waals surface area contributed by atoms with Gasteiger partial charge in [-0.3, -0.25) is 9.10 Å². The predicted molar refractivity (Wildman–Crippen MR) is 121 cm³/mol. The largest absolute Gasteiger partial charge is 0.495 e. The van der Waals surface area contributed by atoms with Gasteiger partial charge in [0, 0.05) is 10.2 Å². The number of hydrogen-bond acceptors (Lipinski definition) is 4. The summed E-state index contributed by atoms with van der Waals surface area (Å²) in [4.78, 5) is 12.9. The number of para-hydroxylation sites is 2. The molecule has 30 heavy (non-hydrogen) atoms. The van der Waals surface area contributed by atoms with Crippen molar-refractivity contribution in [2.24, 2.45) is 0 Å². The Morgan fingerprint density at radius 2 is 1.70 bits per heavy atom. The van der Waals surface area contributed by atoms with Crippen LogP contribution in [0.25, 0.3) is 0 Å². The van der Waals surface area contributed by atoms with Crippen molar-refractivity contribution in [3.63, 3.8) is 0 Å². The smallest absolute Gasteiger partial charge is 0.264 e. The van der Waals surface area contributed by atoms with Crippen LogP contribution < -0.4 is 14.4 Å². The molecule has 0 heterocycles. The van der Waals surface area contributed by atoms with Crippen molar-refractivity contribution in [3.05, 3.63) is 82.8 Å². The van der Waals surface area contributed by atoms with Gasteiger partial charge in [-0.1, -0.05) is 46.3 Å². The Morgan fingerprint density at radius 3 is 2.37 bits per heavy atom. The lowest BCUT2D eigenvalue weighted by molar-refractivity contribution is -0.114. The van der Waals surface area contributed by atoms with E-state index < -0.39 is 22.5 Å². The highest BCUT2D eigenvalue weighted by atomic mass is 79.9. The van der Waals surface area contributed by atoms with Crippen molar-refractivity contribution < 1.29 is 17.9 Å². The zero-order valence-corrected chi connectivity index (χ0v) is 18.9. The Kier molecular flexibility index (Phi) is 6.79. The van der Waals surface area contributed by atoms with Crippen molar-refractivity contribution in [1.82, 2.24) is 0 Å². The molecule has 1 amide bonds. The maximum atomic E-state index is 13.4. The van der Waals surface area contributed by atoms with Crippen LogP contribution >= 0.6 is 15.9 Å². The van der Waals surface area contributed by atoms with Crippen molar-refractivity contribution in [2.75, 3.05) is 23.3 Å². The summed E-state index contributed by atoms with van der Waals surface area (Å²) in [6.45, 7) is 1.45. The van der Waals surface area contributed by atoms with E-state index in [9.17, 15) is 13.2 Å². The number of amides is 1. The molecule has 0 fully saturated rings. The first-order valence-electron chi connectivity index (χ1n) is 9.09. The second-order valence-electron chi connectivity index (χ2n) is 6.50. The molecule has 0 saturated heterocycles. The van der Waals surface area contributed by atoms with E-state index in [-0.39, 0.29) is 10.6 Å². The minimum Gasteiger partial charge on any atom is -0.495 e. The molecule has 156 valence electrons. The normalized spacial score (nSPS) is 11.0. The van der Waals surface area contributed by atoms with Gasteiger partial charge in [0.25, 0.3) is 10.0 Å². The van der Waals surface area contributed by atoms with E-state index in [0.29, 0.717) is 11.4 Å². The average molecular weight is 489 g/mol. The van der Waals surface area contributed by atoms with Crippen LogP contribution in [0, 0.1) is 6.92 Å². The number of nitrogens with zero attached hydrogens (tertiary/aromatic N) is 1. The number of carbonyl (C=O) groups excluding carboxylic acids is 1. The number of benzene rings is 3. The second-order valence-corrected chi connectivity index (χ2v) is 9.28. The van der Waals surface area contributed by atoms with Gasteiger partial charge in [0.1, 0.15) is 12.3 Å². The topological polar surface area (TPSA) is 75.7 Å². The molecule has 0 radical (unpaired) electrons. The fourth-order valence-electron chi connectivity index (χ4n) is 2.94. The molecule has 3 aromatic carbocycles. The number of anilines is 2. The molecule has 0 aliphatic heterocycles. The van der Waals surface area contributed by atoms with Gasteiger partial charge in [-0.25, -0.2) is 8.42 Å². The molecular weight excluding hydrogens is 468 g/mol. The first-order valence-corrected chi connectivity index (χ1v) is 11.3. The van der Waals surface area contributed by atoms with Crippen LogP contribution in [0.15, 0.2) is 82.2 Å². The molecule has 0 atom stereocenters. The fraction of sp³-hybridized carbons (Fsp3) is 0.136. The quantitative estimate of drug-likeness (QED) is 0.527. The summed E-state index contributed by atoms with van der Waals surface area (Å²) in [5.41, 5.74) is 1.75. The second kappa shape index (κ2) is 9.32. The Bertz CT molecular complexity index is 1150. The van der Waals surface area contributed by atoms with Crippen LogP contribution in [0.4, 0.5) is 11.4 Å². The lowest BCUT2D eigenvalue weighted by Gasteiger charge is -2.25. The number of nitrogens with one attached hydrogen (secondary N) is 1. The molecule has 6 nitrogen and oxygen atoms in total. The number of halogens is 1. The summed E-state index contributed by atoms with van der Waals surface area (Å²) < 4.78 is 34.1. The molecule has 3 aromatic rings. The molecule has 0 unspecified atom stereocenters. The van der Waals surface area contributed by atoms with Gasteiger partial charge in [0.2, 0.25) is 5.91 Å². The van der Waals surface area contributed by atoms with Gasteiger partial charge in [-0.2, -0.15) is 0 Å². The van der Waals surface area contributed by atoms with E-state index in [2.05, 4.69) is 21.2 Å². The van der Waals surface area contributed by atoms with Gasteiger partial charge < -0.3 is 10.1 Å². The van der Waals surface area contributed by atoms with Crippen LogP contribution in [0.1, 0.15) is 5.56 Å². The maximum Gasteiger partial charge on any atom is 0.264 e. The Labute approximate surface area is 184 Å². The zero-order valence-electron chi connectivity index (χ0n) is 16.5. The minimum atomic E-state index is -4.01. The van der Waals surface area contributed by atoms with Gasteiger partial charge in [0.15, 0.2) is 0 Å². The molecule has 0 aliphatic rings. The number of methoxy groups -OCH3 is 1. The first kappa shape index (κ1) is 21.9. The third kappa shape index (κ3) is 4.83. The summed E-state index contributed by atoms with van der Waals surface area (Å²) in [6.07, 6.45) is 0. The standard InChI is InChI=1S/C22H21BrN2O4S/c1-16-14-17(23)12-13-19(16)24-22(26)15-25(20-10-6-7-11-21(20)29-2)30(27,28)18-8-4-3-5-9-18/h3-14H,15H2,1-2H3,(H,24,26). The van der Waals surface area contributed by atoms with Crippen molar-refractivity contribution >= 4 is 43.2 Å². The highest BCUT2D eigenvalue weighted by Crippen LogP contribution is 2.32. The van der Waals surface area contributed by atoms with Gasteiger partial charge in [0.05, 0.1) is 17.7 Å². The number of hydrogen-bond donors (Lipinski definition) is 1. The maximum absolute atomic E-state index is 13.4. The third-order valence-corrected chi connectivity index (χ3v) is 6.70. The Morgan fingerprint density at radius 1 is 1.03 bits per heavy atom. The van der Waals surface area contributed by atoms with Crippen LogP contribution in [-0.4, -0.2) is 28.0 Å². The minimum absolute atomic E-state index is 0.0866. The lowest BCUT2D eigenvalue weighted by Crippen LogP contribution is -2.38. The van der Waals surface area contributed by atoms with E-state index in [1.807, 2.05) is 13.0 Å². The summed E-state index contributed by atoms with van der Waals surface area (Å²) >= 11 is 3.39. The molecule has 1 N–H and O–H groups in total. The van der Waals surface area contributed by atoms with Crippen LogP contribution in [-0.2, 0) is 14.8 Å². The van der Waals surface area contributed by atoms with Crippen LogP contribution in [0.2, 0.25) is 0 Å². The van der Waals surface area contributed by atoms with E-state index >= 15 is 0 Å². The molecule has 0 saturated carbocycles. The van der Waals surface area contributed by atoms with Crippen LogP contribution in [0.3, 0.4) is 0 Å². The number of carbonyl (C=O) groups is 1. The van der Waals surface area contributed by atoms with E-state index in [0.717, 1.165) is 14.3 Å². The van der Waals surface area contributed by atoms with E-state index in [4.69, 9.17) is 4.74 Å². The van der Waals surface area contributed by atoms with E-state index in [1.54, 1.807) is 54.6 Å². The number of rotatable bonds is 7. The highest BCUT2D eigenvalue weighted by molar-refractivity contribution is 9.10. The van der Waals surface area contributed by atoms with Gasteiger partial charge in [-0.15, -0.1) is 0 Å². The SMILES string of the molecule is COc1ccccc1N(CC(=O)Nc1ccc(Br)cc1C)S(=O)(=O)c1ccccc1. The van der Waals surface area contributed by atoms with Crippen molar-refractivity contribution in [1.29, 1.82) is 0 Å². The summed E-state index contributed by atoms with van der Waals surface area (Å²) in [5, 5.41) is 2.79. The molecule has 0 spiro atoms. The molecular formula is C22H21BrN2O4S. The monoisotopic (exact) mass is 488 g/mol. The molecule has 0 aliphatic carbocycles. The lowest BCUT2D eigenvalue weighted by atomic mass is 10.2. The molecule has 0 bridgehead atoms. The molecule has 3 rings (SSSR count). The third-order valence-electron chi connectivity index (χ3n) is 4.43. The Balaban J connectivity index is 1.98. The van der Waals surface area contributed by atoms with Crippen molar-refractivity contribution in [3.8, 4) is 5.75 Å².